The molecule has 1 aromatic carbocycles. The minimum Gasteiger partial charge on any atom is -0.491 e. The summed E-state index contributed by atoms with van der Waals surface area (Å²) in [5, 5.41) is 9.12. The van der Waals surface area contributed by atoms with Gasteiger partial charge in [0.1, 0.15) is 18.4 Å². The fraction of sp³-hybridized carbons (Fsp3) is 0.579. The zero-order valence-electron chi connectivity index (χ0n) is 14.5. The number of para-hydroxylation sites is 1. The normalized spacial score (nSPS) is 21.6. The van der Waals surface area contributed by atoms with Crippen LogP contribution in [0, 0.1) is 11.3 Å². The zero-order chi connectivity index (χ0) is 17.5. The molecule has 1 atom stereocenters. The Morgan fingerprint density at radius 3 is 2.84 bits per heavy atom. The molecule has 2 heterocycles. The molecule has 134 valence electrons. The highest BCUT2D eigenvalue weighted by atomic mass is 16.5. The molecule has 1 aromatic rings. The molecule has 0 saturated carbocycles. The van der Waals surface area contributed by atoms with E-state index in [1.54, 1.807) is 6.07 Å². The molecule has 0 radical (unpaired) electrons. The largest absolute Gasteiger partial charge is 0.491 e. The van der Waals surface area contributed by atoms with Crippen molar-refractivity contribution in [3.63, 3.8) is 0 Å². The van der Waals surface area contributed by atoms with Crippen molar-refractivity contribution in [1.29, 1.82) is 5.26 Å². The van der Waals surface area contributed by atoms with Crippen LogP contribution in [-0.2, 0) is 9.53 Å². The van der Waals surface area contributed by atoms with E-state index >= 15 is 0 Å². The lowest BCUT2D eigenvalue weighted by Crippen LogP contribution is -2.54. The third-order valence-electron chi connectivity index (χ3n) is 4.87. The second-order valence-corrected chi connectivity index (χ2v) is 6.44. The first-order chi connectivity index (χ1) is 12.3. The highest BCUT2D eigenvalue weighted by Gasteiger charge is 2.32. The van der Waals surface area contributed by atoms with E-state index in [0.717, 1.165) is 25.8 Å². The molecule has 3 rings (SSSR count). The second-order valence-electron chi connectivity index (χ2n) is 6.44. The van der Waals surface area contributed by atoms with Gasteiger partial charge in [0.25, 0.3) is 0 Å². The molecule has 2 fully saturated rings. The number of nitriles is 1. The van der Waals surface area contributed by atoms with Crippen LogP contribution in [0.25, 0.3) is 0 Å². The maximum absolute atomic E-state index is 12.8. The van der Waals surface area contributed by atoms with Crippen molar-refractivity contribution in [2.45, 2.75) is 25.3 Å². The van der Waals surface area contributed by atoms with Gasteiger partial charge in [-0.25, -0.2) is 0 Å². The van der Waals surface area contributed by atoms with E-state index in [2.05, 4.69) is 11.0 Å². The Hall–Kier alpha value is -2.10. The Morgan fingerprint density at radius 1 is 1.24 bits per heavy atom. The van der Waals surface area contributed by atoms with Crippen LogP contribution in [0.15, 0.2) is 24.3 Å². The molecule has 2 aliphatic heterocycles. The van der Waals surface area contributed by atoms with Gasteiger partial charge in [-0.2, -0.15) is 5.26 Å². The molecule has 0 aliphatic carbocycles. The number of benzene rings is 1. The number of nitrogens with zero attached hydrogens (tertiary/aromatic N) is 3. The summed E-state index contributed by atoms with van der Waals surface area (Å²) in [5.74, 6) is 0.832. The van der Waals surface area contributed by atoms with E-state index in [9.17, 15) is 4.79 Å². The Bertz CT molecular complexity index is 623. The van der Waals surface area contributed by atoms with Gasteiger partial charge >= 0.3 is 0 Å². The monoisotopic (exact) mass is 343 g/mol. The Balaban J connectivity index is 1.56. The third kappa shape index (κ3) is 4.50. The molecule has 6 heteroatoms. The maximum Gasteiger partial charge on any atom is 0.240 e. The Morgan fingerprint density at radius 2 is 2.04 bits per heavy atom. The molecular weight excluding hydrogens is 318 g/mol. The Labute approximate surface area is 148 Å². The number of hydrogen-bond donors (Lipinski definition) is 0. The molecule has 0 N–H and O–H groups in total. The van der Waals surface area contributed by atoms with E-state index in [1.807, 2.05) is 23.1 Å². The lowest BCUT2D eigenvalue weighted by molar-refractivity contribution is -0.142. The van der Waals surface area contributed by atoms with Crippen LogP contribution in [-0.4, -0.2) is 67.7 Å². The van der Waals surface area contributed by atoms with Crippen molar-refractivity contribution in [3.8, 4) is 11.8 Å². The summed E-state index contributed by atoms with van der Waals surface area (Å²) in [6.45, 7) is 4.74. The number of carbonyl (C=O) groups is 1. The lowest BCUT2D eigenvalue weighted by atomic mass is 10.0. The molecular formula is C19H25N3O3. The van der Waals surface area contributed by atoms with E-state index in [4.69, 9.17) is 14.7 Å². The van der Waals surface area contributed by atoms with Crippen LogP contribution >= 0.6 is 0 Å². The second kappa shape index (κ2) is 8.84. The summed E-state index contributed by atoms with van der Waals surface area (Å²) in [7, 11) is 0. The molecule has 2 aliphatic rings. The molecule has 0 aromatic heterocycles. The highest BCUT2D eigenvalue weighted by molar-refractivity contribution is 5.82. The van der Waals surface area contributed by atoms with Crippen LogP contribution < -0.4 is 4.74 Å². The number of hydrogen-bond acceptors (Lipinski definition) is 5. The molecule has 0 bridgehead atoms. The highest BCUT2D eigenvalue weighted by Crippen LogP contribution is 2.20. The number of rotatable bonds is 5. The summed E-state index contributed by atoms with van der Waals surface area (Å²) in [5.41, 5.74) is 0.544. The lowest BCUT2D eigenvalue weighted by Gasteiger charge is -2.38. The quantitative estimate of drug-likeness (QED) is 0.813. The molecule has 0 spiro atoms. The molecule has 1 amide bonds. The van der Waals surface area contributed by atoms with E-state index in [0.29, 0.717) is 50.8 Å². The number of carbonyl (C=O) groups excluding carboxylic acids is 1. The van der Waals surface area contributed by atoms with Crippen LogP contribution in [0.1, 0.15) is 24.8 Å². The standard InChI is InChI=1S/C19H25N3O3/c20-15-16-5-1-2-7-18(16)25-14-11-21-8-4-3-6-17(21)19(23)22-9-12-24-13-10-22/h1-2,5,7,17H,3-4,6,8-14H2. The van der Waals surface area contributed by atoms with E-state index in [1.165, 1.54) is 0 Å². The smallest absolute Gasteiger partial charge is 0.240 e. The van der Waals surface area contributed by atoms with Gasteiger partial charge in [0.2, 0.25) is 5.91 Å². The number of amides is 1. The molecule has 2 saturated heterocycles. The fourth-order valence-electron chi connectivity index (χ4n) is 3.49. The van der Waals surface area contributed by atoms with Crippen molar-refractivity contribution in [3.05, 3.63) is 29.8 Å². The van der Waals surface area contributed by atoms with Crippen LogP contribution in [0.2, 0.25) is 0 Å². The van der Waals surface area contributed by atoms with Gasteiger partial charge in [-0.15, -0.1) is 0 Å². The maximum atomic E-state index is 12.8. The van der Waals surface area contributed by atoms with Gasteiger partial charge in [0, 0.05) is 19.6 Å². The fourth-order valence-corrected chi connectivity index (χ4v) is 3.49. The van der Waals surface area contributed by atoms with Gasteiger partial charge in [-0.1, -0.05) is 18.6 Å². The molecule has 25 heavy (non-hydrogen) atoms. The average Bonchev–Trinajstić information content (AvgIpc) is 2.69. The van der Waals surface area contributed by atoms with Crippen molar-refractivity contribution >= 4 is 5.91 Å². The van der Waals surface area contributed by atoms with Crippen LogP contribution in [0.5, 0.6) is 5.75 Å². The van der Waals surface area contributed by atoms with Gasteiger partial charge < -0.3 is 14.4 Å². The van der Waals surface area contributed by atoms with Gasteiger partial charge in [0.05, 0.1) is 24.8 Å². The topological polar surface area (TPSA) is 65.8 Å². The summed E-state index contributed by atoms with van der Waals surface area (Å²) < 4.78 is 11.1. The predicted octanol–water partition coefficient (Wildman–Crippen LogP) is 1.65. The zero-order valence-corrected chi connectivity index (χ0v) is 14.5. The number of morpholine rings is 1. The summed E-state index contributed by atoms with van der Waals surface area (Å²) in [6, 6.07) is 9.34. The van der Waals surface area contributed by atoms with Gasteiger partial charge in [-0.05, 0) is 31.5 Å². The van der Waals surface area contributed by atoms with Gasteiger partial charge in [-0.3, -0.25) is 9.69 Å². The van der Waals surface area contributed by atoms with E-state index in [-0.39, 0.29) is 11.9 Å². The first kappa shape index (κ1) is 17.7. The summed E-state index contributed by atoms with van der Waals surface area (Å²) in [6.07, 6.45) is 3.11. The van der Waals surface area contributed by atoms with Crippen molar-refractivity contribution in [1.82, 2.24) is 9.80 Å². The number of piperidine rings is 1. The van der Waals surface area contributed by atoms with Crippen molar-refractivity contribution in [2.24, 2.45) is 0 Å². The summed E-state index contributed by atoms with van der Waals surface area (Å²) in [4.78, 5) is 17.0. The van der Waals surface area contributed by atoms with Gasteiger partial charge in [0.15, 0.2) is 0 Å². The SMILES string of the molecule is N#Cc1ccccc1OCCN1CCCCC1C(=O)N1CCOCC1. The van der Waals surface area contributed by atoms with Crippen LogP contribution in [0.4, 0.5) is 0 Å². The molecule has 6 nitrogen and oxygen atoms in total. The minimum absolute atomic E-state index is 0.0540. The van der Waals surface area contributed by atoms with Crippen molar-refractivity contribution in [2.75, 3.05) is 46.0 Å². The first-order valence-electron chi connectivity index (χ1n) is 9.02. The minimum atomic E-state index is -0.0540. The number of likely N-dealkylation sites (tertiary alicyclic amines) is 1. The number of ether oxygens (including phenoxy) is 2. The first-order valence-corrected chi connectivity index (χ1v) is 9.02. The summed E-state index contributed by atoms with van der Waals surface area (Å²) >= 11 is 0. The third-order valence-corrected chi connectivity index (χ3v) is 4.87. The van der Waals surface area contributed by atoms with Crippen LogP contribution in [0.3, 0.4) is 0 Å². The van der Waals surface area contributed by atoms with E-state index < -0.39 is 0 Å². The average molecular weight is 343 g/mol. The van der Waals surface area contributed by atoms with Crippen molar-refractivity contribution < 1.29 is 14.3 Å². The molecule has 1 unspecified atom stereocenters. The predicted molar refractivity (Wildman–Crippen MR) is 93.3 cm³/mol. The Kier molecular flexibility index (Phi) is 6.26.